The Labute approximate surface area is 200 Å². The standard InChI is InChI=1S/C22H16ClN7O3S/c1-29-15-5-3-2-4-14(15)19-20(29)26-21(28-27-19)34-11-18(32)24-16-10-17(31)25-22(33)30(16)13-8-6-12(23)7-9-13/h2-10H,11H2,1H3,(H,24,32)(H,25,31,33). The zero-order valence-corrected chi connectivity index (χ0v) is 19.2. The van der Waals surface area contributed by atoms with Crippen molar-refractivity contribution >= 4 is 57.2 Å². The topological polar surface area (TPSA) is 128 Å². The molecule has 2 N–H and O–H groups in total. The first-order valence-corrected chi connectivity index (χ1v) is 11.4. The van der Waals surface area contributed by atoms with Crippen LogP contribution in [0.3, 0.4) is 0 Å². The normalized spacial score (nSPS) is 11.2. The van der Waals surface area contributed by atoms with E-state index in [0.29, 0.717) is 27.0 Å². The maximum Gasteiger partial charge on any atom is 0.334 e. The Hall–Kier alpha value is -3.96. The van der Waals surface area contributed by atoms with Crippen molar-refractivity contribution in [3.63, 3.8) is 0 Å². The number of carbonyl (C=O) groups is 1. The number of para-hydroxylation sites is 1. The smallest absolute Gasteiger partial charge is 0.327 e. The average Bonchev–Trinajstić information content (AvgIpc) is 3.10. The summed E-state index contributed by atoms with van der Waals surface area (Å²) in [4.78, 5) is 43.7. The number of halogens is 1. The van der Waals surface area contributed by atoms with E-state index in [-0.39, 0.29) is 11.6 Å². The van der Waals surface area contributed by atoms with E-state index in [1.54, 1.807) is 24.3 Å². The zero-order chi connectivity index (χ0) is 23.8. The Bertz CT molecular complexity index is 1670. The number of anilines is 1. The second kappa shape index (κ2) is 8.76. The summed E-state index contributed by atoms with van der Waals surface area (Å²) in [6, 6.07) is 15.3. The molecule has 3 heterocycles. The fraction of sp³-hybridized carbons (Fsp3) is 0.0909. The molecule has 0 unspecified atom stereocenters. The highest BCUT2D eigenvalue weighted by molar-refractivity contribution is 7.99. The quantitative estimate of drug-likeness (QED) is 0.360. The molecule has 0 atom stereocenters. The average molecular weight is 494 g/mol. The molecule has 5 rings (SSSR count). The number of aromatic amines is 1. The maximum absolute atomic E-state index is 12.7. The van der Waals surface area contributed by atoms with Gasteiger partial charge in [-0.05, 0) is 30.3 Å². The molecule has 5 aromatic rings. The third-order valence-corrected chi connectivity index (χ3v) is 6.20. The van der Waals surface area contributed by atoms with Crippen LogP contribution in [0.2, 0.25) is 5.02 Å². The molecule has 0 saturated heterocycles. The molecule has 12 heteroatoms. The molecular formula is C22H16ClN7O3S. The number of nitrogens with one attached hydrogen (secondary N) is 2. The number of amides is 1. The fourth-order valence-electron chi connectivity index (χ4n) is 3.60. The van der Waals surface area contributed by atoms with Crippen LogP contribution in [0.4, 0.5) is 5.82 Å². The second-order valence-corrected chi connectivity index (χ2v) is 8.69. The van der Waals surface area contributed by atoms with Gasteiger partial charge in [0.25, 0.3) is 5.56 Å². The summed E-state index contributed by atoms with van der Waals surface area (Å²) in [5.41, 5.74) is 1.43. The molecular weight excluding hydrogens is 478 g/mol. The number of hydrogen-bond donors (Lipinski definition) is 2. The minimum atomic E-state index is -0.688. The molecule has 10 nitrogen and oxygen atoms in total. The highest BCUT2D eigenvalue weighted by atomic mass is 35.5. The third kappa shape index (κ3) is 4.06. The van der Waals surface area contributed by atoms with E-state index in [0.717, 1.165) is 28.7 Å². The van der Waals surface area contributed by atoms with Crippen LogP contribution < -0.4 is 16.6 Å². The molecule has 0 fully saturated rings. The van der Waals surface area contributed by atoms with Gasteiger partial charge in [-0.3, -0.25) is 14.6 Å². The Kier molecular flexibility index (Phi) is 5.64. The van der Waals surface area contributed by atoms with Gasteiger partial charge in [-0.1, -0.05) is 41.6 Å². The number of carbonyl (C=O) groups excluding carboxylic acids is 1. The van der Waals surface area contributed by atoms with Gasteiger partial charge in [0.05, 0.1) is 17.0 Å². The van der Waals surface area contributed by atoms with E-state index in [4.69, 9.17) is 11.6 Å². The summed E-state index contributed by atoms with van der Waals surface area (Å²) in [7, 11) is 1.89. The number of nitrogens with zero attached hydrogens (tertiary/aromatic N) is 5. The van der Waals surface area contributed by atoms with Crippen molar-refractivity contribution in [2.75, 3.05) is 11.1 Å². The fourth-order valence-corrected chi connectivity index (χ4v) is 4.30. The van der Waals surface area contributed by atoms with Gasteiger partial charge in [-0.2, -0.15) is 0 Å². The minimum Gasteiger partial charge on any atom is -0.327 e. The summed E-state index contributed by atoms with van der Waals surface area (Å²) < 4.78 is 3.10. The first-order valence-electron chi connectivity index (χ1n) is 10.0. The van der Waals surface area contributed by atoms with E-state index >= 15 is 0 Å². The van der Waals surface area contributed by atoms with E-state index in [1.807, 2.05) is 35.9 Å². The summed E-state index contributed by atoms with van der Waals surface area (Å²) in [6.45, 7) is 0. The molecule has 34 heavy (non-hydrogen) atoms. The molecule has 3 aromatic heterocycles. The lowest BCUT2D eigenvalue weighted by Gasteiger charge is -2.13. The van der Waals surface area contributed by atoms with Crippen molar-refractivity contribution < 1.29 is 4.79 Å². The summed E-state index contributed by atoms with van der Waals surface area (Å²) in [5, 5.41) is 12.8. The van der Waals surface area contributed by atoms with Gasteiger partial charge < -0.3 is 9.88 Å². The number of thioether (sulfide) groups is 1. The highest BCUT2D eigenvalue weighted by Gasteiger charge is 2.15. The SMILES string of the molecule is Cn1c2ccccc2c2nnc(SCC(=O)Nc3cc(=O)[nH]c(=O)n3-c3ccc(Cl)cc3)nc21. The lowest BCUT2D eigenvalue weighted by Crippen LogP contribution is -2.32. The van der Waals surface area contributed by atoms with Gasteiger partial charge in [0.1, 0.15) is 11.3 Å². The second-order valence-electron chi connectivity index (χ2n) is 7.32. The lowest BCUT2D eigenvalue weighted by molar-refractivity contribution is -0.113. The van der Waals surface area contributed by atoms with Crippen LogP contribution in [0.1, 0.15) is 0 Å². The molecule has 2 aromatic carbocycles. The third-order valence-electron chi connectivity index (χ3n) is 5.11. The maximum atomic E-state index is 12.7. The van der Waals surface area contributed by atoms with Crippen molar-refractivity contribution in [1.82, 2.24) is 29.3 Å². The summed E-state index contributed by atoms with van der Waals surface area (Å²) in [5.74, 6) is -0.470. The Balaban J connectivity index is 1.38. The van der Waals surface area contributed by atoms with Gasteiger partial charge in [0.15, 0.2) is 5.65 Å². The van der Waals surface area contributed by atoms with Crippen LogP contribution in [0.5, 0.6) is 0 Å². The van der Waals surface area contributed by atoms with Gasteiger partial charge in [0, 0.05) is 23.5 Å². The molecule has 0 radical (unpaired) electrons. The number of rotatable bonds is 5. The first-order chi connectivity index (χ1) is 16.4. The van der Waals surface area contributed by atoms with E-state index in [1.165, 1.54) is 4.57 Å². The summed E-state index contributed by atoms with van der Waals surface area (Å²) in [6.07, 6.45) is 0. The summed E-state index contributed by atoms with van der Waals surface area (Å²) >= 11 is 7.01. The molecule has 170 valence electrons. The number of aromatic nitrogens is 6. The zero-order valence-electron chi connectivity index (χ0n) is 17.7. The Morgan fingerprint density at radius 2 is 1.88 bits per heavy atom. The van der Waals surface area contributed by atoms with Crippen LogP contribution in [0.25, 0.3) is 27.8 Å². The van der Waals surface area contributed by atoms with Crippen LogP contribution >= 0.6 is 23.4 Å². The van der Waals surface area contributed by atoms with E-state index in [2.05, 4.69) is 25.5 Å². The van der Waals surface area contributed by atoms with Crippen molar-refractivity contribution in [3.05, 3.63) is 80.5 Å². The molecule has 0 spiro atoms. The van der Waals surface area contributed by atoms with Crippen LogP contribution in [0, 0.1) is 0 Å². The highest BCUT2D eigenvalue weighted by Crippen LogP contribution is 2.26. The van der Waals surface area contributed by atoms with Crippen LogP contribution in [0.15, 0.2) is 69.3 Å². The van der Waals surface area contributed by atoms with E-state index in [9.17, 15) is 14.4 Å². The molecule has 0 saturated carbocycles. The number of H-pyrrole nitrogens is 1. The van der Waals surface area contributed by atoms with Crippen molar-refractivity contribution in [2.45, 2.75) is 5.16 Å². The Morgan fingerprint density at radius 3 is 2.68 bits per heavy atom. The number of hydrogen-bond acceptors (Lipinski definition) is 7. The van der Waals surface area contributed by atoms with Crippen molar-refractivity contribution in [2.24, 2.45) is 7.05 Å². The number of benzene rings is 2. The van der Waals surface area contributed by atoms with Crippen LogP contribution in [-0.2, 0) is 11.8 Å². The van der Waals surface area contributed by atoms with Crippen molar-refractivity contribution in [1.29, 1.82) is 0 Å². The molecule has 1 amide bonds. The van der Waals surface area contributed by atoms with Gasteiger partial charge in [0.2, 0.25) is 11.1 Å². The molecule has 0 bridgehead atoms. The van der Waals surface area contributed by atoms with Crippen LogP contribution in [-0.4, -0.2) is 41.0 Å². The molecule has 0 aliphatic rings. The van der Waals surface area contributed by atoms with Crippen molar-refractivity contribution in [3.8, 4) is 5.69 Å². The predicted molar refractivity (Wildman–Crippen MR) is 131 cm³/mol. The van der Waals surface area contributed by atoms with Gasteiger partial charge in [-0.25, -0.2) is 14.3 Å². The molecule has 0 aliphatic carbocycles. The number of aryl methyl sites for hydroxylation is 1. The predicted octanol–water partition coefficient (Wildman–Crippen LogP) is 2.74. The van der Waals surface area contributed by atoms with Gasteiger partial charge >= 0.3 is 5.69 Å². The first kappa shape index (κ1) is 21.9. The Morgan fingerprint density at radius 1 is 1.12 bits per heavy atom. The molecule has 0 aliphatic heterocycles. The monoisotopic (exact) mass is 493 g/mol. The number of fused-ring (bicyclic) bond motifs is 3. The van der Waals surface area contributed by atoms with Gasteiger partial charge in [-0.15, -0.1) is 10.2 Å². The van der Waals surface area contributed by atoms with E-state index < -0.39 is 17.2 Å². The lowest BCUT2D eigenvalue weighted by atomic mass is 10.2. The largest absolute Gasteiger partial charge is 0.334 e. The minimum absolute atomic E-state index is 0.0323.